The van der Waals surface area contributed by atoms with Crippen LogP contribution in [0, 0.1) is 5.92 Å². The Morgan fingerprint density at radius 3 is 2.57 bits per heavy atom. The van der Waals surface area contributed by atoms with Gasteiger partial charge in [0, 0.05) is 11.8 Å². The topological polar surface area (TPSA) is 111 Å². The van der Waals surface area contributed by atoms with Gasteiger partial charge in [0.2, 0.25) is 5.91 Å². The summed E-state index contributed by atoms with van der Waals surface area (Å²) in [5.41, 5.74) is -0.648. The van der Waals surface area contributed by atoms with Crippen molar-refractivity contribution in [1.29, 1.82) is 0 Å². The number of hydrogen-bond acceptors (Lipinski definition) is 8. The lowest BCUT2D eigenvalue weighted by Crippen LogP contribution is -2.64. The summed E-state index contributed by atoms with van der Waals surface area (Å²) in [5, 5.41) is 37.5. The summed E-state index contributed by atoms with van der Waals surface area (Å²) in [7, 11) is 0. The molecule has 0 aromatic rings. The first kappa shape index (κ1) is 24.2. The Bertz CT molecular complexity index is 497. The molecule has 164 valence electrons. The molecule has 0 bridgehead atoms. The van der Waals surface area contributed by atoms with Crippen molar-refractivity contribution in [3.8, 4) is 0 Å². The number of ether oxygens (including phenoxy) is 1. The van der Waals surface area contributed by atoms with Gasteiger partial charge in [-0.05, 0) is 30.8 Å². The second kappa shape index (κ2) is 11.4. The van der Waals surface area contributed by atoms with E-state index in [1.165, 1.54) is 24.6 Å². The van der Waals surface area contributed by atoms with Gasteiger partial charge in [0.15, 0.2) is 0 Å². The number of aliphatic hydroxyl groups excluding tert-OH is 3. The van der Waals surface area contributed by atoms with Gasteiger partial charge in [0.1, 0.15) is 29.9 Å². The summed E-state index contributed by atoms with van der Waals surface area (Å²) in [6, 6.07) is -0.721. The molecule has 0 aromatic carbocycles. The molecule has 2 rings (SSSR count). The molecule has 28 heavy (non-hydrogen) atoms. The van der Waals surface area contributed by atoms with Gasteiger partial charge in [-0.25, -0.2) is 0 Å². The van der Waals surface area contributed by atoms with Gasteiger partial charge in [0.25, 0.3) is 0 Å². The number of amides is 1. The van der Waals surface area contributed by atoms with Crippen LogP contribution in [0.2, 0.25) is 0 Å². The van der Waals surface area contributed by atoms with Gasteiger partial charge >= 0.3 is 0 Å². The number of hydrogen-bond donors (Lipinski definition) is 5. The van der Waals surface area contributed by atoms with Crippen LogP contribution in [0.5, 0.6) is 0 Å². The van der Waals surface area contributed by atoms with Gasteiger partial charge in [-0.1, -0.05) is 27.2 Å². The monoisotopic (exact) mass is 436 g/mol. The van der Waals surface area contributed by atoms with Crippen molar-refractivity contribution in [3.05, 3.63) is 0 Å². The number of unbranched alkanes of at least 4 members (excludes halogenated alkanes) is 1. The van der Waals surface area contributed by atoms with Crippen LogP contribution in [0.1, 0.15) is 40.0 Å². The average Bonchev–Trinajstić information content (AvgIpc) is 3.14. The predicted octanol–water partition coefficient (Wildman–Crippen LogP) is 0.562. The molecule has 5 N–H and O–H groups in total. The van der Waals surface area contributed by atoms with E-state index in [0.29, 0.717) is 5.25 Å². The van der Waals surface area contributed by atoms with Gasteiger partial charge < -0.3 is 30.7 Å². The summed E-state index contributed by atoms with van der Waals surface area (Å²) >= 11 is 3.19. The van der Waals surface area contributed by atoms with Gasteiger partial charge in [-0.3, -0.25) is 4.79 Å². The predicted molar refractivity (Wildman–Crippen MR) is 115 cm³/mol. The maximum atomic E-state index is 12.8. The van der Waals surface area contributed by atoms with Crippen molar-refractivity contribution in [2.45, 2.75) is 87.2 Å². The van der Waals surface area contributed by atoms with E-state index < -0.39 is 35.9 Å². The highest BCUT2D eigenvalue weighted by molar-refractivity contribution is 8.00. The average molecular weight is 437 g/mol. The van der Waals surface area contributed by atoms with E-state index in [4.69, 9.17) is 4.74 Å². The molecule has 0 aliphatic carbocycles. The molecule has 2 aliphatic rings. The first-order valence-electron chi connectivity index (χ1n) is 10.2. The summed E-state index contributed by atoms with van der Waals surface area (Å²) in [5.74, 6) is 1.00. The van der Waals surface area contributed by atoms with Gasteiger partial charge in [0.05, 0.1) is 12.1 Å². The van der Waals surface area contributed by atoms with Crippen LogP contribution < -0.4 is 10.6 Å². The standard InChI is InChI=1S/C19H36N2O5S2/c1-5-6-7-28-11-8-12(20-9-11)18(25)21-13(10(2)3)17-15(23)14(22)16(24)19(26-17)27-4/h10-17,19-20,22-24H,5-9H2,1-4H3,(H,21,25)/t11-,12-,13+,14-,15+,16+,17+,19+/m0/s1. The van der Waals surface area contributed by atoms with E-state index in [1.54, 1.807) is 6.26 Å². The highest BCUT2D eigenvalue weighted by Crippen LogP contribution is 2.30. The zero-order valence-corrected chi connectivity index (χ0v) is 18.8. The minimum Gasteiger partial charge on any atom is -0.388 e. The third-order valence-electron chi connectivity index (χ3n) is 5.48. The molecule has 8 atom stereocenters. The summed E-state index contributed by atoms with van der Waals surface area (Å²) in [6.45, 7) is 6.88. The molecule has 0 unspecified atom stereocenters. The first-order chi connectivity index (χ1) is 13.3. The quantitative estimate of drug-likeness (QED) is 0.334. The fraction of sp³-hybridized carbons (Fsp3) is 0.947. The van der Waals surface area contributed by atoms with Crippen LogP contribution >= 0.6 is 23.5 Å². The molecular formula is C19H36N2O5S2. The molecule has 0 radical (unpaired) electrons. The number of aliphatic hydroxyl groups is 3. The Labute approximate surface area is 176 Å². The normalized spacial score (nSPS) is 37.2. The Hall–Kier alpha value is -0.0300. The Morgan fingerprint density at radius 2 is 1.96 bits per heavy atom. The fourth-order valence-corrected chi connectivity index (χ4v) is 5.69. The summed E-state index contributed by atoms with van der Waals surface area (Å²) in [6.07, 6.45) is 0.408. The van der Waals surface area contributed by atoms with Crippen LogP contribution in [0.15, 0.2) is 0 Å². The minimum atomic E-state index is -1.31. The molecule has 2 aliphatic heterocycles. The van der Waals surface area contributed by atoms with E-state index in [-0.39, 0.29) is 17.9 Å². The van der Waals surface area contributed by atoms with Crippen LogP contribution in [0.3, 0.4) is 0 Å². The largest absolute Gasteiger partial charge is 0.388 e. The van der Waals surface area contributed by atoms with Crippen molar-refractivity contribution in [2.24, 2.45) is 5.92 Å². The molecule has 0 aromatic heterocycles. The van der Waals surface area contributed by atoms with E-state index in [2.05, 4.69) is 17.6 Å². The second-order valence-electron chi connectivity index (χ2n) is 8.00. The Kier molecular flexibility index (Phi) is 9.86. The van der Waals surface area contributed by atoms with Gasteiger partial charge in [-0.2, -0.15) is 11.8 Å². The maximum absolute atomic E-state index is 12.8. The molecule has 9 heteroatoms. The van der Waals surface area contributed by atoms with E-state index in [0.717, 1.165) is 18.7 Å². The molecule has 2 heterocycles. The number of carbonyl (C=O) groups excluding carboxylic acids is 1. The highest BCUT2D eigenvalue weighted by Gasteiger charge is 2.47. The zero-order chi connectivity index (χ0) is 20.8. The Balaban J connectivity index is 1.98. The fourth-order valence-electron chi connectivity index (χ4n) is 3.68. The van der Waals surface area contributed by atoms with Crippen LogP contribution in [-0.2, 0) is 9.53 Å². The SMILES string of the molecule is CCCCS[C@@H]1CN[C@H](C(=O)N[C@H](C(C)C)[C@H]2O[C@H](SC)[C@H](O)[C@@H](O)[C@H]2O)C1. The van der Waals surface area contributed by atoms with Crippen molar-refractivity contribution < 1.29 is 24.9 Å². The lowest BCUT2D eigenvalue weighted by Gasteiger charge is -2.44. The third-order valence-corrected chi connectivity index (χ3v) is 7.69. The van der Waals surface area contributed by atoms with Crippen molar-refractivity contribution in [2.75, 3.05) is 18.6 Å². The molecule has 7 nitrogen and oxygen atoms in total. The molecule has 0 spiro atoms. The summed E-state index contributed by atoms with van der Waals surface area (Å²) < 4.78 is 5.87. The van der Waals surface area contributed by atoms with Crippen molar-refractivity contribution in [3.63, 3.8) is 0 Å². The van der Waals surface area contributed by atoms with Crippen LogP contribution in [-0.4, -0.2) is 87.0 Å². The zero-order valence-electron chi connectivity index (χ0n) is 17.2. The second-order valence-corrected chi connectivity index (χ2v) is 10.3. The molecule has 2 fully saturated rings. The van der Waals surface area contributed by atoms with Crippen molar-refractivity contribution in [1.82, 2.24) is 10.6 Å². The van der Waals surface area contributed by atoms with Crippen molar-refractivity contribution >= 4 is 29.4 Å². The summed E-state index contributed by atoms with van der Waals surface area (Å²) in [4.78, 5) is 12.8. The Morgan fingerprint density at radius 1 is 1.25 bits per heavy atom. The molecule has 0 saturated carbocycles. The number of nitrogens with one attached hydrogen (secondary N) is 2. The molecule has 1 amide bonds. The number of thioether (sulfide) groups is 2. The van der Waals surface area contributed by atoms with Crippen LogP contribution in [0.4, 0.5) is 0 Å². The minimum absolute atomic E-state index is 0.00956. The lowest BCUT2D eigenvalue weighted by molar-refractivity contribution is -0.208. The van der Waals surface area contributed by atoms with E-state index in [1.807, 2.05) is 25.6 Å². The number of carbonyl (C=O) groups is 1. The number of rotatable bonds is 9. The molecule has 2 saturated heterocycles. The maximum Gasteiger partial charge on any atom is 0.237 e. The third kappa shape index (κ3) is 6.00. The lowest BCUT2D eigenvalue weighted by atomic mass is 9.88. The van der Waals surface area contributed by atoms with Gasteiger partial charge in [-0.15, -0.1) is 11.8 Å². The highest BCUT2D eigenvalue weighted by atomic mass is 32.2. The first-order valence-corrected chi connectivity index (χ1v) is 12.5. The van der Waals surface area contributed by atoms with E-state index in [9.17, 15) is 20.1 Å². The molecular weight excluding hydrogens is 400 g/mol. The smallest absolute Gasteiger partial charge is 0.237 e. The van der Waals surface area contributed by atoms with E-state index >= 15 is 0 Å². The van der Waals surface area contributed by atoms with Crippen LogP contribution in [0.25, 0.3) is 0 Å².